The molecule has 0 aliphatic heterocycles. The van der Waals surface area contributed by atoms with Gasteiger partial charge < -0.3 is 10.7 Å². The first-order valence-corrected chi connectivity index (χ1v) is 7.45. The van der Waals surface area contributed by atoms with Gasteiger partial charge in [0.05, 0.1) is 16.8 Å². The highest BCUT2D eigenvalue weighted by Gasteiger charge is 2.08. The maximum Gasteiger partial charge on any atom is 0.196 e. The SMILES string of the molecule is Nc1ccc2nc(CSc3nnc4ccccn34)[nH]c2c1. The first-order valence-electron chi connectivity index (χ1n) is 6.46. The summed E-state index contributed by atoms with van der Waals surface area (Å²) in [6, 6.07) is 11.5. The van der Waals surface area contributed by atoms with E-state index >= 15 is 0 Å². The number of aromatic nitrogens is 5. The molecule has 0 atom stereocenters. The second-order valence-electron chi connectivity index (χ2n) is 4.66. The maximum atomic E-state index is 5.77. The molecule has 21 heavy (non-hydrogen) atoms. The smallest absolute Gasteiger partial charge is 0.196 e. The van der Waals surface area contributed by atoms with Crippen LogP contribution in [0.4, 0.5) is 5.69 Å². The van der Waals surface area contributed by atoms with E-state index in [1.807, 2.05) is 47.0 Å². The van der Waals surface area contributed by atoms with Crippen molar-refractivity contribution in [2.75, 3.05) is 5.73 Å². The number of nitrogen functional groups attached to an aromatic ring is 1. The molecule has 0 fully saturated rings. The lowest BCUT2D eigenvalue weighted by Crippen LogP contribution is -1.88. The van der Waals surface area contributed by atoms with Crippen LogP contribution in [-0.4, -0.2) is 24.6 Å². The highest BCUT2D eigenvalue weighted by Crippen LogP contribution is 2.22. The van der Waals surface area contributed by atoms with E-state index in [0.717, 1.165) is 33.3 Å². The third-order valence-electron chi connectivity index (χ3n) is 3.18. The Labute approximate surface area is 124 Å². The van der Waals surface area contributed by atoms with Crippen LogP contribution in [0.5, 0.6) is 0 Å². The van der Waals surface area contributed by atoms with Crippen LogP contribution >= 0.6 is 11.8 Å². The van der Waals surface area contributed by atoms with E-state index in [1.54, 1.807) is 11.8 Å². The summed E-state index contributed by atoms with van der Waals surface area (Å²) in [4.78, 5) is 7.82. The summed E-state index contributed by atoms with van der Waals surface area (Å²) in [5.41, 5.74) is 9.22. The highest BCUT2D eigenvalue weighted by molar-refractivity contribution is 7.98. The molecule has 3 heterocycles. The fourth-order valence-electron chi connectivity index (χ4n) is 2.20. The van der Waals surface area contributed by atoms with Gasteiger partial charge in [-0.2, -0.15) is 0 Å². The van der Waals surface area contributed by atoms with Gasteiger partial charge in [-0.1, -0.05) is 17.8 Å². The summed E-state index contributed by atoms with van der Waals surface area (Å²) < 4.78 is 1.96. The lowest BCUT2D eigenvalue weighted by Gasteiger charge is -1.97. The van der Waals surface area contributed by atoms with Crippen LogP contribution < -0.4 is 5.73 Å². The minimum atomic E-state index is 0.699. The quantitative estimate of drug-likeness (QED) is 0.448. The molecule has 1 aromatic carbocycles. The van der Waals surface area contributed by atoms with E-state index < -0.39 is 0 Å². The highest BCUT2D eigenvalue weighted by atomic mass is 32.2. The second-order valence-corrected chi connectivity index (χ2v) is 5.60. The topological polar surface area (TPSA) is 84.9 Å². The molecule has 4 rings (SSSR count). The van der Waals surface area contributed by atoms with Gasteiger partial charge in [-0.25, -0.2) is 4.98 Å². The van der Waals surface area contributed by atoms with Crippen LogP contribution in [-0.2, 0) is 5.75 Å². The predicted molar refractivity (Wildman–Crippen MR) is 83.1 cm³/mol. The molecule has 0 saturated carbocycles. The molecular weight excluding hydrogens is 284 g/mol. The summed E-state index contributed by atoms with van der Waals surface area (Å²) in [6.07, 6.45) is 1.96. The number of nitrogens with zero attached hydrogens (tertiary/aromatic N) is 4. The summed E-state index contributed by atoms with van der Waals surface area (Å²) in [5, 5.41) is 9.18. The van der Waals surface area contributed by atoms with Crippen molar-refractivity contribution in [3.05, 3.63) is 48.4 Å². The summed E-state index contributed by atoms with van der Waals surface area (Å²) in [7, 11) is 0. The molecule has 0 radical (unpaired) electrons. The Morgan fingerprint density at radius 1 is 1.19 bits per heavy atom. The van der Waals surface area contributed by atoms with Gasteiger partial charge in [-0.15, -0.1) is 10.2 Å². The monoisotopic (exact) mass is 296 g/mol. The second kappa shape index (κ2) is 4.78. The van der Waals surface area contributed by atoms with Crippen LogP contribution in [0.25, 0.3) is 16.7 Å². The van der Waals surface area contributed by atoms with Gasteiger partial charge in [0, 0.05) is 11.9 Å². The van der Waals surface area contributed by atoms with E-state index in [9.17, 15) is 0 Å². The van der Waals surface area contributed by atoms with Gasteiger partial charge >= 0.3 is 0 Å². The van der Waals surface area contributed by atoms with Crippen LogP contribution in [0.2, 0.25) is 0 Å². The third kappa shape index (κ3) is 2.21. The first kappa shape index (κ1) is 12.2. The van der Waals surface area contributed by atoms with Crippen molar-refractivity contribution in [3.63, 3.8) is 0 Å². The molecule has 3 N–H and O–H groups in total. The normalized spacial score (nSPS) is 11.4. The number of benzene rings is 1. The number of hydrogen-bond donors (Lipinski definition) is 2. The number of pyridine rings is 1. The van der Waals surface area contributed by atoms with E-state index in [2.05, 4.69) is 20.2 Å². The number of hydrogen-bond acceptors (Lipinski definition) is 5. The fraction of sp³-hybridized carbons (Fsp3) is 0.0714. The summed E-state index contributed by atoms with van der Waals surface area (Å²) in [6.45, 7) is 0. The number of fused-ring (bicyclic) bond motifs is 2. The minimum absolute atomic E-state index is 0.699. The molecule has 6 nitrogen and oxygen atoms in total. The van der Waals surface area contributed by atoms with Gasteiger partial charge in [-0.3, -0.25) is 4.40 Å². The zero-order valence-corrected chi connectivity index (χ0v) is 11.8. The number of rotatable bonds is 3. The van der Waals surface area contributed by atoms with Crippen molar-refractivity contribution in [1.82, 2.24) is 24.6 Å². The standard InChI is InChI=1S/C14H12N6S/c15-9-4-5-10-11(7-9)17-12(16-10)8-21-14-19-18-13-3-1-2-6-20(13)14/h1-7H,8,15H2,(H,16,17). The average molecular weight is 296 g/mol. The van der Waals surface area contributed by atoms with E-state index in [4.69, 9.17) is 5.73 Å². The molecule has 0 saturated heterocycles. The largest absolute Gasteiger partial charge is 0.399 e. The zero-order chi connectivity index (χ0) is 14.2. The molecule has 0 unspecified atom stereocenters. The van der Waals surface area contributed by atoms with Crippen molar-refractivity contribution in [2.24, 2.45) is 0 Å². The van der Waals surface area contributed by atoms with Crippen molar-refractivity contribution < 1.29 is 0 Å². The Morgan fingerprint density at radius 2 is 2.14 bits per heavy atom. The zero-order valence-electron chi connectivity index (χ0n) is 11.0. The first-order chi connectivity index (χ1) is 10.3. The van der Waals surface area contributed by atoms with Crippen molar-refractivity contribution in [2.45, 2.75) is 10.9 Å². The Balaban J connectivity index is 1.60. The van der Waals surface area contributed by atoms with E-state index in [1.165, 1.54) is 0 Å². The predicted octanol–water partition coefficient (Wildman–Crippen LogP) is 2.48. The number of imidazole rings is 1. The van der Waals surface area contributed by atoms with E-state index in [0.29, 0.717) is 5.75 Å². The van der Waals surface area contributed by atoms with Crippen molar-refractivity contribution in [3.8, 4) is 0 Å². The van der Waals surface area contributed by atoms with Gasteiger partial charge in [0.2, 0.25) is 0 Å². The molecule has 0 aliphatic rings. The maximum absolute atomic E-state index is 5.77. The Kier molecular flexibility index (Phi) is 2.78. The Bertz CT molecular complexity index is 925. The fourth-order valence-corrected chi connectivity index (χ4v) is 2.99. The van der Waals surface area contributed by atoms with Gasteiger partial charge in [0.15, 0.2) is 10.8 Å². The minimum Gasteiger partial charge on any atom is -0.399 e. The summed E-state index contributed by atoms with van der Waals surface area (Å²) in [5.74, 6) is 1.60. The molecule has 0 spiro atoms. The average Bonchev–Trinajstić information content (AvgIpc) is 3.08. The lowest BCUT2D eigenvalue weighted by molar-refractivity contribution is 0.919. The van der Waals surface area contributed by atoms with Crippen LogP contribution in [0, 0.1) is 0 Å². The Hall–Kier alpha value is -2.54. The molecule has 4 aromatic rings. The molecule has 7 heteroatoms. The van der Waals surface area contributed by atoms with Crippen LogP contribution in [0.1, 0.15) is 5.82 Å². The summed E-state index contributed by atoms with van der Waals surface area (Å²) >= 11 is 1.59. The number of nitrogens with one attached hydrogen (secondary N) is 1. The molecule has 0 amide bonds. The molecular formula is C14H12N6S. The number of aromatic amines is 1. The number of anilines is 1. The molecule has 3 aromatic heterocycles. The van der Waals surface area contributed by atoms with Crippen molar-refractivity contribution >= 4 is 34.1 Å². The Morgan fingerprint density at radius 3 is 3.10 bits per heavy atom. The van der Waals surface area contributed by atoms with E-state index in [-0.39, 0.29) is 0 Å². The third-order valence-corrected chi connectivity index (χ3v) is 4.13. The number of H-pyrrole nitrogens is 1. The van der Waals surface area contributed by atoms with Crippen molar-refractivity contribution in [1.29, 1.82) is 0 Å². The molecule has 0 aliphatic carbocycles. The van der Waals surface area contributed by atoms with Gasteiger partial charge in [-0.05, 0) is 30.3 Å². The van der Waals surface area contributed by atoms with Crippen LogP contribution in [0.15, 0.2) is 47.8 Å². The van der Waals surface area contributed by atoms with Gasteiger partial charge in [0.1, 0.15) is 5.82 Å². The van der Waals surface area contributed by atoms with Crippen LogP contribution in [0.3, 0.4) is 0 Å². The molecule has 104 valence electrons. The van der Waals surface area contributed by atoms with Gasteiger partial charge in [0.25, 0.3) is 0 Å². The number of nitrogens with two attached hydrogens (primary N) is 1. The number of thioether (sulfide) groups is 1. The molecule has 0 bridgehead atoms. The lowest BCUT2D eigenvalue weighted by atomic mass is 10.3.